The number of amides is 1. The molecule has 1 rings (SSSR count). The van der Waals surface area contributed by atoms with Crippen molar-refractivity contribution >= 4 is 11.6 Å². The van der Waals surface area contributed by atoms with E-state index in [-0.39, 0.29) is 11.7 Å². The topological polar surface area (TPSA) is 41.1 Å². The molecule has 0 fully saturated rings. The second-order valence-corrected chi connectivity index (χ2v) is 3.72. The number of aryl methyl sites for hydroxylation is 1. The molecule has 2 N–H and O–H groups in total. The van der Waals surface area contributed by atoms with Crippen LogP contribution in [0.3, 0.4) is 0 Å². The lowest BCUT2D eigenvalue weighted by Crippen LogP contribution is -2.15. The Morgan fingerprint density at radius 1 is 1.44 bits per heavy atom. The second kappa shape index (κ2) is 6.23. The predicted octanol–water partition coefficient (Wildman–Crippen LogP) is 2.07. The van der Waals surface area contributed by atoms with E-state index >= 15 is 0 Å². The molecular weight excluding hydrogens is 207 g/mol. The molecular formula is C12H17FN2O. The molecule has 0 bridgehead atoms. The van der Waals surface area contributed by atoms with Gasteiger partial charge in [0.15, 0.2) is 0 Å². The van der Waals surface area contributed by atoms with Gasteiger partial charge in [0.1, 0.15) is 5.82 Å². The van der Waals surface area contributed by atoms with Gasteiger partial charge in [0.2, 0.25) is 5.91 Å². The van der Waals surface area contributed by atoms with Gasteiger partial charge in [-0.1, -0.05) is 0 Å². The largest absolute Gasteiger partial charge is 0.326 e. The molecule has 0 saturated carbocycles. The number of rotatable bonds is 5. The van der Waals surface area contributed by atoms with Crippen LogP contribution in [0, 0.1) is 12.7 Å². The van der Waals surface area contributed by atoms with Gasteiger partial charge in [0.25, 0.3) is 0 Å². The van der Waals surface area contributed by atoms with Gasteiger partial charge in [-0.05, 0) is 50.7 Å². The monoisotopic (exact) mass is 224 g/mol. The molecule has 0 radical (unpaired) electrons. The summed E-state index contributed by atoms with van der Waals surface area (Å²) in [6.07, 6.45) is 1.26. The molecule has 0 aliphatic rings. The van der Waals surface area contributed by atoms with E-state index in [0.29, 0.717) is 17.7 Å². The lowest BCUT2D eigenvalue weighted by molar-refractivity contribution is -0.116. The summed E-state index contributed by atoms with van der Waals surface area (Å²) in [5, 5.41) is 5.71. The first-order valence-corrected chi connectivity index (χ1v) is 5.34. The van der Waals surface area contributed by atoms with E-state index in [1.165, 1.54) is 6.07 Å². The fourth-order valence-electron chi connectivity index (χ4n) is 1.37. The first kappa shape index (κ1) is 12.6. The zero-order valence-corrected chi connectivity index (χ0v) is 9.64. The summed E-state index contributed by atoms with van der Waals surface area (Å²) in [4.78, 5) is 11.5. The number of hydrogen-bond acceptors (Lipinski definition) is 2. The van der Waals surface area contributed by atoms with E-state index in [2.05, 4.69) is 10.6 Å². The number of anilines is 1. The van der Waals surface area contributed by atoms with Crippen LogP contribution in [0.2, 0.25) is 0 Å². The SMILES string of the molecule is CNCCCC(=O)Nc1ccc(F)c(C)c1. The number of nitrogens with one attached hydrogen (secondary N) is 2. The fourth-order valence-corrected chi connectivity index (χ4v) is 1.37. The molecule has 0 saturated heterocycles. The maximum Gasteiger partial charge on any atom is 0.224 e. The molecule has 1 amide bonds. The van der Waals surface area contributed by atoms with Crippen molar-refractivity contribution in [1.82, 2.24) is 5.32 Å². The predicted molar refractivity (Wildman–Crippen MR) is 62.9 cm³/mol. The third kappa shape index (κ3) is 3.98. The summed E-state index contributed by atoms with van der Waals surface area (Å²) in [7, 11) is 1.85. The third-order valence-corrected chi connectivity index (χ3v) is 2.27. The van der Waals surface area contributed by atoms with E-state index < -0.39 is 0 Å². The highest BCUT2D eigenvalue weighted by Gasteiger charge is 2.03. The first-order valence-electron chi connectivity index (χ1n) is 5.34. The highest BCUT2D eigenvalue weighted by molar-refractivity contribution is 5.90. The van der Waals surface area contributed by atoms with Crippen molar-refractivity contribution < 1.29 is 9.18 Å². The Labute approximate surface area is 95.0 Å². The molecule has 1 aromatic carbocycles. The molecule has 0 aromatic heterocycles. The quantitative estimate of drug-likeness (QED) is 0.752. The van der Waals surface area contributed by atoms with Crippen molar-refractivity contribution in [2.45, 2.75) is 19.8 Å². The van der Waals surface area contributed by atoms with Gasteiger partial charge in [-0.3, -0.25) is 4.79 Å². The van der Waals surface area contributed by atoms with Gasteiger partial charge in [-0.15, -0.1) is 0 Å². The maximum absolute atomic E-state index is 13.0. The van der Waals surface area contributed by atoms with Crippen LogP contribution in [0.1, 0.15) is 18.4 Å². The lowest BCUT2D eigenvalue weighted by Gasteiger charge is -2.06. The number of benzene rings is 1. The summed E-state index contributed by atoms with van der Waals surface area (Å²) >= 11 is 0. The summed E-state index contributed by atoms with van der Waals surface area (Å²) < 4.78 is 13.0. The highest BCUT2D eigenvalue weighted by atomic mass is 19.1. The summed E-state index contributed by atoms with van der Waals surface area (Å²) in [6, 6.07) is 4.56. The van der Waals surface area contributed by atoms with Crippen molar-refractivity contribution in [3.8, 4) is 0 Å². The molecule has 0 atom stereocenters. The van der Waals surface area contributed by atoms with Crippen molar-refractivity contribution in [2.75, 3.05) is 18.9 Å². The van der Waals surface area contributed by atoms with Crippen LogP contribution < -0.4 is 10.6 Å². The van der Waals surface area contributed by atoms with Crippen LogP contribution in [0.4, 0.5) is 10.1 Å². The van der Waals surface area contributed by atoms with Crippen LogP contribution in [0.25, 0.3) is 0 Å². The van der Waals surface area contributed by atoms with Gasteiger partial charge in [0.05, 0.1) is 0 Å². The van der Waals surface area contributed by atoms with Crippen molar-refractivity contribution in [3.63, 3.8) is 0 Å². The minimum Gasteiger partial charge on any atom is -0.326 e. The Balaban J connectivity index is 2.46. The van der Waals surface area contributed by atoms with E-state index in [1.54, 1.807) is 19.1 Å². The van der Waals surface area contributed by atoms with Crippen LogP contribution in [0.5, 0.6) is 0 Å². The normalized spacial score (nSPS) is 10.2. The molecule has 4 heteroatoms. The second-order valence-electron chi connectivity index (χ2n) is 3.72. The molecule has 0 aliphatic heterocycles. The summed E-state index contributed by atoms with van der Waals surface area (Å²) in [6.45, 7) is 2.49. The van der Waals surface area contributed by atoms with E-state index in [0.717, 1.165) is 13.0 Å². The van der Waals surface area contributed by atoms with Crippen molar-refractivity contribution in [2.24, 2.45) is 0 Å². The van der Waals surface area contributed by atoms with Gasteiger partial charge >= 0.3 is 0 Å². The Morgan fingerprint density at radius 2 is 2.19 bits per heavy atom. The standard InChI is InChI=1S/C12H17FN2O/c1-9-8-10(5-6-11(9)13)15-12(16)4-3-7-14-2/h5-6,8,14H,3-4,7H2,1-2H3,(H,15,16). The number of carbonyl (C=O) groups excluding carboxylic acids is 1. The van der Waals surface area contributed by atoms with Crippen LogP contribution in [-0.2, 0) is 4.79 Å². The van der Waals surface area contributed by atoms with Crippen molar-refractivity contribution in [1.29, 1.82) is 0 Å². The lowest BCUT2D eigenvalue weighted by atomic mass is 10.2. The molecule has 16 heavy (non-hydrogen) atoms. The minimum absolute atomic E-state index is 0.0405. The van der Waals surface area contributed by atoms with Crippen LogP contribution >= 0.6 is 0 Å². The van der Waals surface area contributed by atoms with Gasteiger partial charge in [-0.2, -0.15) is 0 Å². The molecule has 0 spiro atoms. The Morgan fingerprint density at radius 3 is 2.81 bits per heavy atom. The third-order valence-electron chi connectivity index (χ3n) is 2.27. The molecule has 3 nitrogen and oxygen atoms in total. The van der Waals surface area contributed by atoms with Gasteiger partial charge < -0.3 is 10.6 Å². The van der Waals surface area contributed by atoms with E-state index in [9.17, 15) is 9.18 Å². The molecule has 1 aromatic rings. The molecule has 0 aliphatic carbocycles. The smallest absolute Gasteiger partial charge is 0.224 e. The Bertz CT molecular complexity index is 366. The average Bonchev–Trinajstić information content (AvgIpc) is 2.24. The Kier molecular flexibility index (Phi) is 4.92. The zero-order valence-electron chi connectivity index (χ0n) is 9.64. The Hall–Kier alpha value is -1.42. The average molecular weight is 224 g/mol. The highest BCUT2D eigenvalue weighted by Crippen LogP contribution is 2.13. The minimum atomic E-state index is -0.256. The zero-order chi connectivity index (χ0) is 12.0. The van der Waals surface area contributed by atoms with Gasteiger partial charge in [-0.25, -0.2) is 4.39 Å². The summed E-state index contributed by atoms with van der Waals surface area (Å²) in [5.74, 6) is -0.297. The number of halogens is 1. The van der Waals surface area contributed by atoms with Crippen LogP contribution in [0.15, 0.2) is 18.2 Å². The molecule has 88 valence electrons. The maximum atomic E-state index is 13.0. The first-order chi connectivity index (χ1) is 7.63. The number of hydrogen-bond donors (Lipinski definition) is 2. The van der Waals surface area contributed by atoms with Gasteiger partial charge in [0, 0.05) is 12.1 Å². The molecule has 0 unspecified atom stereocenters. The van der Waals surface area contributed by atoms with E-state index in [4.69, 9.17) is 0 Å². The fraction of sp³-hybridized carbons (Fsp3) is 0.417. The van der Waals surface area contributed by atoms with E-state index in [1.807, 2.05) is 7.05 Å². The molecule has 0 heterocycles. The number of carbonyl (C=O) groups is 1. The van der Waals surface area contributed by atoms with Crippen LogP contribution in [-0.4, -0.2) is 19.5 Å². The van der Waals surface area contributed by atoms with Crippen molar-refractivity contribution in [3.05, 3.63) is 29.6 Å². The summed E-state index contributed by atoms with van der Waals surface area (Å²) in [5.41, 5.74) is 1.18.